The van der Waals surface area contributed by atoms with Crippen LogP contribution in [0.3, 0.4) is 0 Å². The Morgan fingerprint density at radius 3 is 2.36 bits per heavy atom. The molecule has 0 spiro atoms. The molecule has 7 nitrogen and oxygen atoms in total. The van der Waals surface area contributed by atoms with Crippen LogP contribution in [0.5, 0.6) is 0 Å². The fourth-order valence-corrected chi connectivity index (χ4v) is 3.23. The van der Waals surface area contributed by atoms with Gasteiger partial charge >= 0.3 is 12.0 Å². The summed E-state index contributed by atoms with van der Waals surface area (Å²) >= 11 is 0. The quantitative estimate of drug-likeness (QED) is 0.723. The first-order valence-corrected chi connectivity index (χ1v) is 8.14. The minimum absolute atomic E-state index is 0.150. The smallest absolute Gasteiger partial charge is 0.326 e. The number of urea groups is 1. The van der Waals surface area contributed by atoms with Gasteiger partial charge in [-0.15, -0.1) is 0 Å². The third kappa shape index (κ3) is 4.61. The highest BCUT2D eigenvalue weighted by Gasteiger charge is 2.31. The molecule has 0 aromatic rings. The van der Waals surface area contributed by atoms with E-state index in [1.54, 1.807) is 0 Å². The fraction of sp³-hybridized carbons (Fsp3) is 0.800. The van der Waals surface area contributed by atoms with Gasteiger partial charge in [0.05, 0.1) is 6.54 Å². The van der Waals surface area contributed by atoms with Crippen LogP contribution < -0.4 is 10.6 Å². The molecule has 1 aliphatic heterocycles. The molecule has 1 heterocycles. The number of hydrogen-bond acceptors (Lipinski definition) is 3. The van der Waals surface area contributed by atoms with Gasteiger partial charge in [-0.05, 0) is 32.1 Å². The Balaban J connectivity index is 1.75. The van der Waals surface area contributed by atoms with E-state index in [4.69, 9.17) is 5.11 Å². The Bertz CT molecular complexity index is 421. The molecule has 0 unspecified atom stereocenters. The van der Waals surface area contributed by atoms with E-state index in [9.17, 15) is 14.4 Å². The predicted octanol–water partition coefficient (Wildman–Crippen LogP) is 1.08. The van der Waals surface area contributed by atoms with Gasteiger partial charge < -0.3 is 20.6 Å². The molecular weight excluding hydrogens is 286 g/mol. The van der Waals surface area contributed by atoms with E-state index in [1.807, 2.05) is 0 Å². The van der Waals surface area contributed by atoms with Gasteiger partial charge in [0.15, 0.2) is 0 Å². The molecular formula is C15H25N3O4. The van der Waals surface area contributed by atoms with Gasteiger partial charge in [-0.25, -0.2) is 9.59 Å². The molecule has 1 saturated carbocycles. The lowest BCUT2D eigenvalue weighted by Gasteiger charge is -2.33. The fourth-order valence-electron chi connectivity index (χ4n) is 3.23. The van der Waals surface area contributed by atoms with Crippen molar-refractivity contribution in [2.24, 2.45) is 0 Å². The number of carboxylic acids is 1. The van der Waals surface area contributed by atoms with Crippen molar-refractivity contribution in [2.45, 2.75) is 63.5 Å². The van der Waals surface area contributed by atoms with E-state index >= 15 is 0 Å². The van der Waals surface area contributed by atoms with Crippen molar-refractivity contribution in [1.82, 2.24) is 15.5 Å². The highest BCUT2D eigenvalue weighted by molar-refractivity contribution is 5.87. The molecule has 2 aliphatic rings. The van der Waals surface area contributed by atoms with Crippen molar-refractivity contribution in [3.8, 4) is 0 Å². The zero-order valence-electron chi connectivity index (χ0n) is 12.8. The lowest BCUT2D eigenvalue weighted by atomic mass is 9.96. The first-order valence-electron chi connectivity index (χ1n) is 8.14. The highest BCUT2D eigenvalue weighted by Crippen LogP contribution is 2.18. The Morgan fingerprint density at radius 1 is 1.00 bits per heavy atom. The van der Waals surface area contributed by atoms with Crippen molar-refractivity contribution in [3.63, 3.8) is 0 Å². The van der Waals surface area contributed by atoms with Gasteiger partial charge in [0.2, 0.25) is 5.91 Å². The van der Waals surface area contributed by atoms with Crippen molar-refractivity contribution in [1.29, 1.82) is 0 Å². The highest BCUT2D eigenvalue weighted by atomic mass is 16.4. The van der Waals surface area contributed by atoms with E-state index < -0.39 is 12.0 Å². The Labute approximate surface area is 130 Å². The zero-order chi connectivity index (χ0) is 15.9. The lowest BCUT2D eigenvalue weighted by molar-refractivity contribution is -0.151. The second-order valence-electron chi connectivity index (χ2n) is 6.10. The molecule has 124 valence electrons. The van der Waals surface area contributed by atoms with Crippen LogP contribution in [0.25, 0.3) is 0 Å². The molecule has 3 amide bonds. The summed E-state index contributed by atoms with van der Waals surface area (Å²) in [5, 5.41) is 14.6. The summed E-state index contributed by atoms with van der Waals surface area (Å²) in [6.45, 7) is 0.296. The summed E-state index contributed by atoms with van der Waals surface area (Å²) in [4.78, 5) is 36.5. The minimum Gasteiger partial charge on any atom is -0.480 e. The first-order chi connectivity index (χ1) is 10.6. The van der Waals surface area contributed by atoms with Gasteiger partial charge in [-0.2, -0.15) is 0 Å². The number of carbonyl (C=O) groups excluding carboxylic acids is 2. The van der Waals surface area contributed by atoms with Crippen LogP contribution in [0.15, 0.2) is 0 Å². The van der Waals surface area contributed by atoms with Crippen molar-refractivity contribution in [3.05, 3.63) is 0 Å². The molecule has 1 aliphatic carbocycles. The SMILES string of the molecule is O=C(NCC(=O)N1CCCC[C@@H]1C(=O)O)NC1CCCCC1. The lowest BCUT2D eigenvalue weighted by Crippen LogP contribution is -2.52. The number of nitrogens with zero attached hydrogens (tertiary/aromatic N) is 1. The largest absolute Gasteiger partial charge is 0.480 e. The number of amides is 3. The Hall–Kier alpha value is -1.79. The summed E-state index contributed by atoms with van der Waals surface area (Å²) in [5.41, 5.74) is 0. The second-order valence-corrected chi connectivity index (χ2v) is 6.10. The summed E-state index contributed by atoms with van der Waals surface area (Å²) < 4.78 is 0. The van der Waals surface area contributed by atoms with E-state index in [-0.39, 0.29) is 24.5 Å². The predicted molar refractivity (Wildman–Crippen MR) is 80.4 cm³/mol. The molecule has 2 rings (SSSR count). The van der Waals surface area contributed by atoms with E-state index in [0.29, 0.717) is 13.0 Å². The number of likely N-dealkylation sites (tertiary alicyclic amines) is 1. The summed E-state index contributed by atoms with van der Waals surface area (Å²) in [6, 6.07) is -0.917. The molecule has 22 heavy (non-hydrogen) atoms. The Morgan fingerprint density at radius 2 is 1.68 bits per heavy atom. The van der Waals surface area contributed by atoms with E-state index in [2.05, 4.69) is 10.6 Å². The minimum atomic E-state index is -0.972. The molecule has 1 atom stereocenters. The number of rotatable bonds is 4. The van der Waals surface area contributed by atoms with Crippen LogP contribution in [-0.2, 0) is 9.59 Å². The second kappa shape index (κ2) is 8.00. The van der Waals surface area contributed by atoms with Gasteiger partial charge in [-0.1, -0.05) is 19.3 Å². The molecule has 7 heteroatoms. The van der Waals surface area contributed by atoms with Gasteiger partial charge in [-0.3, -0.25) is 4.79 Å². The molecule has 2 fully saturated rings. The van der Waals surface area contributed by atoms with Gasteiger partial charge in [0, 0.05) is 12.6 Å². The normalized spacial score (nSPS) is 22.9. The average molecular weight is 311 g/mol. The first kappa shape index (κ1) is 16.6. The average Bonchev–Trinajstić information content (AvgIpc) is 2.53. The summed E-state index contributed by atoms with van der Waals surface area (Å²) in [5.74, 6) is -1.30. The topological polar surface area (TPSA) is 98.7 Å². The monoisotopic (exact) mass is 311 g/mol. The van der Waals surface area contributed by atoms with E-state index in [1.165, 1.54) is 11.3 Å². The Kier molecular flexibility index (Phi) is 6.03. The molecule has 0 aromatic carbocycles. The number of nitrogens with one attached hydrogen (secondary N) is 2. The third-order valence-electron chi connectivity index (χ3n) is 4.45. The van der Waals surface area contributed by atoms with Crippen LogP contribution in [0.4, 0.5) is 4.79 Å². The van der Waals surface area contributed by atoms with Crippen LogP contribution in [-0.4, -0.2) is 53.1 Å². The number of carboxylic acid groups (broad SMARTS) is 1. The number of hydrogen-bond donors (Lipinski definition) is 3. The van der Waals surface area contributed by atoms with E-state index in [0.717, 1.165) is 38.5 Å². The summed E-state index contributed by atoms with van der Waals surface area (Å²) in [7, 11) is 0. The number of piperidine rings is 1. The maximum absolute atomic E-state index is 12.1. The number of carbonyl (C=O) groups is 3. The molecule has 0 bridgehead atoms. The molecule has 0 radical (unpaired) electrons. The molecule has 3 N–H and O–H groups in total. The zero-order valence-corrected chi connectivity index (χ0v) is 12.8. The van der Waals surface area contributed by atoms with Gasteiger partial charge in [0.25, 0.3) is 0 Å². The van der Waals surface area contributed by atoms with Gasteiger partial charge in [0.1, 0.15) is 6.04 Å². The van der Waals surface area contributed by atoms with Crippen LogP contribution in [0.1, 0.15) is 51.4 Å². The van der Waals surface area contributed by atoms with Crippen LogP contribution in [0, 0.1) is 0 Å². The van der Waals surface area contributed by atoms with Crippen LogP contribution in [0.2, 0.25) is 0 Å². The third-order valence-corrected chi connectivity index (χ3v) is 4.45. The maximum Gasteiger partial charge on any atom is 0.326 e. The molecule has 1 saturated heterocycles. The van der Waals surface area contributed by atoms with Crippen LogP contribution >= 0.6 is 0 Å². The van der Waals surface area contributed by atoms with Crippen molar-refractivity contribution >= 4 is 17.9 Å². The maximum atomic E-state index is 12.1. The summed E-state index contributed by atoms with van der Waals surface area (Å²) in [6.07, 6.45) is 7.53. The van der Waals surface area contributed by atoms with Crippen molar-refractivity contribution in [2.75, 3.05) is 13.1 Å². The standard InChI is InChI=1S/C15H25N3O4/c19-13(18-9-5-4-8-12(18)14(20)21)10-16-15(22)17-11-6-2-1-3-7-11/h11-12H,1-10H2,(H,20,21)(H2,16,17,22)/t12-/m1/s1. The van der Waals surface area contributed by atoms with Crippen molar-refractivity contribution < 1.29 is 19.5 Å². The number of aliphatic carboxylic acids is 1. The molecule has 0 aromatic heterocycles.